The predicted octanol–water partition coefficient (Wildman–Crippen LogP) is 2.39. The molecule has 0 amide bonds. The fourth-order valence-electron chi connectivity index (χ4n) is 1.08. The minimum atomic E-state index is 0.310. The smallest absolute Gasteiger partial charge is 0.144 e. The molecule has 1 heterocycles. The molecular formula is C10H18N4S. The van der Waals surface area contributed by atoms with Gasteiger partial charge in [0.2, 0.25) is 0 Å². The standard InChI is InChI=1S/C10H18N4S/c1-6(2)10-12-8(14-11)5-9(13-10)15-7(3)4/h5-7H,11H2,1-4H3,(H,12,13,14). The van der Waals surface area contributed by atoms with E-state index in [4.69, 9.17) is 5.84 Å². The van der Waals surface area contributed by atoms with Crippen molar-refractivity contribution in [2.75, 3.05) is 5.43 Å². The lowest BCUT2D eigenvalue weighted by molar-refractivity contribution is 0.754. The van der Waals surface area contributed by atoms with Gasteiger partial charge in [-0.25, -0.2) is 15.8 Å². The molecule has 3 N–H and O–H groups in total. The van der Waals surface area contributed by atoms with Crippen molar-refractivity contribution >= 4 is 17.6 Å². The summed E-state index contributed by atoms with van der Waals surface area (Å²) in [6.45, 7) is 8.41. The van der Waals surface area contributed by atoms with E-state index in [1.165, 1.54) is 0 Å². The van der Waals surface area contributed by atoms with E-state index >= 15 is 0 Å². The number of nitrogen functional groups attached to an aromatic ring is 1. The Bertz CT molecular complexity index is 325. The lowest BCUT2D eigenvalue weighted by atomic mass is 10.2. The van der Waals surface area contributed by atoms with Crippen LogP contribution >= 0.6 is 11.8 Å². The van der Waals surface area contributed by atoms with Gasteiger partial charge in [0.1, 0.15) is 16.7 Å². The molecule has 15 heavy (non-hydrogen) atoms. The van der Waals surface area contributed by atoms with Gasteiger partial charge in [-0.05, 0) is 0 Å². The molecule has 0 atom stereocenters. The summed E-state index contributed by atoms with van der Waals surface area (Å²) in [6.07, 6.45) is 0. The van der Waals surface area contributed by atoms with Crippen LogP contribution in [0, 0.1) is 0 Å². The monoisotopic (exact) mass is 226 g/mol. The summed E-state index contributed by atoms with van der Waals surface area (Å²) in [7, 11) is 0. The van der Waals surface area contributed by atoms with Crippen LogP contribution in [0.3, 0.4) is 0 Å². The lowest BCUT2D eigenvalue weighted by Gasteiger charge is -2.10. The number of anilines is 1. The van der Waals surface area contributed by atoms with E-state index in [1.807, 2.05) is 6.07 Å². The Balaban J connectivity index is 3.00. The van der Waals surface area contributed by atoms with Crippen molar-refractivity contribution in [3.05, 3.63) is 11.9 Å². The summed E-state index contributed by atoms with van der Waals surface area (Å²) in [5.41, 5.74) is 2.57. The zero-order valence-corrected chi connectivity index (χ0v) is 10.4. The minimum absolute atomic E-state index is 0.310. The maximum atomic E-state index is 5.37. The Hall–Kier alpha value is -0.810. The average molecular weight is 226 g/mol. The molecule has 0 aliphatic rings. The van der Waals surface area contributed by atoms with Gasteiger partial charge in [0, 0.05) is 17.2 Å². The van der Waals surface area contributed by atoms with Gasteiger partial charge in [0.05, 0.1) is 0 Å². The van der Waals surface area contributed by atoms with E-state index in [-0.39, 0.29) is 0 Å². The quantitative estimate of drug-likeness (QED) is 0.357. The summed E-state index contributed by atoms with van der Waals surface area (Å²) in [6, 6.07) is 1.87. The predicted molar refractivity (Wildman–Crippen MR) is 64.9 cm³/mol. The molecule has 84 valence electrons. The number of thioether (sulfide) groups is 1. The maximum absolute atomic E-state index is 5.37. The van der Waals surface area contributed by atoms with Crippen LogP contribution in [0.25, 0.3) is 0 Å². The zero-order chi connectivity index (χ0) is 11.4. The molecule has 4 nitrogen and oxygen atoms in total. The molecule has 1 aromatic rings. The topological polar surface area (TPSA) is 63.8 Å². The Labute approximate surface area is 95.0 Å². The van der Waals surface area contributed by atoms with Gasteiger partial charge in [-0.15, -0.1) is 11.8 Å². The number of hydrogen-bond donors (Lipinski definition) is 2. The highest BCUT2D eigenvalue weighted by Crippen LogP contribution is 2.24. The highest BCUT2D eigenvalue weighted by molar-refractivity contribution is 7.99. The molecule has 0 saturated heterocycles. The second-order valence-electron chi connectivity index (χ2n) is 3.92. The van der Waals surface area contributed by atoms with E-state index in [9.17, 15) is 0 Å². The van der Waals surface area contributed by atoms with Crippen LogP contribution in [-0.4, -0.2) is 15.2 Å². The third-order valence-electron chi connectivity index (χ3n) is 1.74. The first kappa shape index (κ1) is 12.3. The number of rotatable bonds is 4. The minimum Gasteiger partial charge on any atom is -0.308 e. The number of nitrogens with two attached hydrogens (primary N) is 1. The molecule has 1 rings (SSSR count). The average Bonchev–Trinajstić information content (AvgIpc) is 2.16. The normalized spacial score (nSPS) is 11.1. The lowest BCUT2D eigenvalue weighted by Crippen LogP contribution is -2.11. The summed E-state index contributed by atoms with van der Waals surface area (Å²) < 4.78 is 0. The van der Waals surface area contributed by atoms with Gasteiger partial charge in [0.15, 0.2) is 0 Å². The van der Waals surface area contributed by atoms with E-state index < -0.39 is 0 Å². The largest absolute Gasteiger partial charge is 0.308 e. The summed E-state index contributed by atoms with van der Waals surface area (Å²) in [5, 5.41) is 1.47. The second kappa shape index (κ2) is 5.32. The third-order valence-corrected chi connectivity index (χ3v) is 2.66. The fourth-order valence-corrected chi connectivity index (χ4v) is 1.89. The molecule has 1 aromatic heterocycles. The molecule has 5 heteroatoms. The SMILES string of the molecule is CC(C)Sc1cc(NN)nc(C(C)C)n1. The zero-order valence-electron chi connectivity index (χ0n) is 9.61. The Morgan fingerprint density at radius 1 is 1.27 bits per heavy atom. The summed E-state index contributed by atoms with van der Waals surface area (Å²) >= 11 is 1.71. The van der Waals surface area contributed by atoms with Crippen molar-refractivity contribution < 1.29 is 0 Å². The van der Waals surface area contributed by atoms with Crippen LogP contribution < -0.4 is 11.3 Å². The van der Waals surface area contributed by atoms with Crippen molar-refractivity contribution in [1.29, 1.82) is 0 Å². The van der Waals surface area contributed by atoms with Gasteiger partial charge >= 0.3 is 0 Å². The van der Waals surface area contributed by atoms with Crippen molar-refractivity contribution in [3.8, 4) is 0 Å². The van der Waals surface area contributed by atoms with E-state index in [2.05, 4.69) is 43.1 Å². The van der Waals surface area contributed by atoms with Gasteiger partial charge < -0.3 is 5.43 Å². The second-order valence-corrected chi connectivity index (χ2v) is 5.51. The third kappa shape index (κ3) is 3.68. The first-order valence-electron chi connectivity index (χ1n) is 5.05. The summed E-state index contributed by atoms with van der Waals surface area (Å²) in [5.74, 6) is 7.18. The molecule has 0 fully saturated rings. The molecule has 0 aliphatic heterocycles. The van der Waals surface area contributed by atoms with Crippen molar-refractivity contribution in [2.45, 2.75) is 43.9 Å². The van der Waals surface area contributed by atoms with Crippen LogP contribution in [0.5, 0.6) is 0 Å². The van der Waals surface area contributed by atoms with Crippen molar-refractivity contribution in [2.24, 2.45) is 5.84 Å². The van der Waals surface area contributed by atoms with E-state index in [0.717, 1.165) is 10.9 Å². The van der Waals surface area contributed by atoms with Crippen LogP contribution in [-0.2, 0) is 0 Å². The molecule has 0 aromatic carbocycles. The highest BCUT2D eigenvalue weighted by atomic mass is 32.2. The van der Waals surface area contributed by atoms with Gasteiger partial charge in [0.25, 0.3) is 0 Å². The number of hydrogen-bond acceptors (Lipinski definition) is 5. The Morgan fingerprint density at radius 3 is 2.40 bits per heavy atom. The molecule has 0 unspecified atom stereocenters. The van der Waals surface area contributed by atoms with Gasteiger partial charge in [-0.3, -0.25) is 0 Å². The van der Waals surface area contributed by atoms with Gasteiger partial charge in [-0.2, -0.15) is 0 Å². The van der Waals surface area contributed by atoms with E-state index in [0.29, 0.717) is 17.0 Å². The first-order chi connectivity index (χ1) is 7.02. The number of nitrogens with one attached hydrogen (secondary N) is 1. The number of hydrazine groups is 1. The molecular weight excluding hydrogens is 208 g/mol. The van der Waals surface area contributed by atoms with Gasteiger partial charge in [-0.1, -0.05) is 27.7 Å². The fraction of sp³-hybridized carbons (Fsp3) is 0.600. The number of nitrogens with zero attached hydrogens (tertiary/aromatic N) is 2. The first-order valence-corrected chi connectivity index (χ1v) is 5.93. The molecule has 0 bridgehead atoms. The van der Waals surface area contributed by atoms with Crippen LogP contribution in [0.2, 0.25) is 0 Å². The van der Waals surface area contributed by atoms with E-state index in [1.54, 1.807) is 11.8 Å². The number of aromatic nitrogens is 2. The highest BCUT2D eigenvalue weighted by Gasteiger charge is 2.08. The van der Waals surface area contributed by atoms with Crippen LogP contribution in [0.4, 0.5) is 5.82 Å². The molecule has 0 radical (unpaired) electrons. The van der Waals surface area contributed by atoms with Crippen molar-refractivity contribution in [3.63, 3.8) is 0 Å². The maximum Gasteiger partial charge on any atom is 0.144 e. The molecule has 0 saturated carbocycles. The molecule has 0 aliphatic carbocycles. The van der Waals surface area contributed by atoms with Crippen molar-refractivity contribution in [1.82, 2.24) is 9.97 Å². The molecule has 0 spiro atoms. The Morgan fingerprint density at radius 2 is 1.93 bits per heavy atom. The van der Waals surface area contributed by atoms with Crippen LogP contribution in [0.1, 0.15) is 39.4 Å². The Kier molecular flexibility index (Phi) is 4.35. The van der Waals surface area contributed by atoms with Crippen LogP contribution in [0.15, 0.2) is 11.1 Å². The summed E-state index contributed by atoms with van der Waals surface area (Å²) in [4.78, 5) is 8.78.